The number of hydrogen-bond donors (Lipinski definition) is 3. The van der Waals surface area contributed by atoms with E-state index in [1.54, 1.807) is 6.92 Å². The fraction of sp³-hybridized carbons (Fsp3) is 0.615. The van der Waals surface area contributed by atoms with Crippen molar-refractivity contribution in [2.24, 2.45) is 0 Å². The van der Waals surface area contributed by atoms with E-state index in [0.717, 1.165) is 0 Å². The Labute approximate surface area is 125 Å². The first-order valence-electron chi connectivity index (χ1n) is 6.84. The summed E-state index contributed by atoms with van der Waals surface area (Å²) in [5.41, 5.74) is -1.51. The molecule has 0 radical (unpaired) electrons. The van der Waals surface area contributed by atoms with Gasteiger partial charge in [0.1, 0.15) is 23.6 Å². The van der Waals surface area contributed by atoms with Crippen LogP contribution >= 0.6 is 0 Å². The maximum atomic E-state index is 11.9. The number of methoxy groups -OCH3 is 1. The van der Waals surface area contributed by atoms with E-state index < -0.39 is 24.0 Å². The molecule has 0 amide bonds. The van der Waals surface area contributed by atoms with Crippen LogP contribution < -0.4 is 5.56 Å². The molecule has 3 heterocycles. The molecule has 1 fully saturated rings. The molecule has 1 saturated heterocycles. The Kier molecular flexibility index (Phi) is 3.52. The van der Waals surface area contributed by atoms with Crippen molar-refractivity contribution in [2.75, 3.05) is 13.7 Å². The van der Waals surface area contributed by atoms with E-state index in [9.17, 15) is 15.0 Å². The number of rotatable bonds is 3. The highest BCUT2D eigenvalue weighted by atomic mass is 16.6. The van der Waals surface area contributed by atoms with Crippen molar-refractivity contribution in [3.63, 3.8) is 0 Å². The number of hydrogen-bond acceptors (Lipinski definition) is 7. The lowest BCUT2D eigenvalue weighted by Gasteiger charge is -2.27. The minimum atomic E-state index is -1.57. The van der Waals surface area contributed by atoms with E-state index in [1.807, 2.05) is 0 Å². The van der Waals surface area contributed by atoms with Crippen molar-refractivity contribution < 1.29 is 19.7 Å². The lowest BCUT2D eigenvalue weighted by atomic mass is 9.96. The predicted molar refractivity (Wildman–Crippen MR) is 75.3 cm³/mol. The van der Waals surface area contributed by atoms with Gasteiger partial charge in [-0.1, -0.05) is 0 Å². The number of aliphatic hydroxyl groups excluding tert-OH is 1. The van der Waals surface area contributed by atoms with Gasteiger partial charge in [0.05, 0.1) is 12.9 Å². The van der Waals surface area contributed by atoms with Crippen molar-refractivity contribution in [2.45, 2.75) is 37.9 Å². The summed E-state index contributed by atoms with van der Waals surface area (Å²) in [4.78, 5) is 22.7. The minimum Gasteiger partial charge on any atom is -0.387 e. The molecule has 4 atom stereocenters. The maximum absolute atomic E-state index is 11.9. The molecular weight excluding hydrogens is 292 g/mol. The Bertz CT molecular complexity index is 752. The third kappa shape index (κ3) is 2.13. The summed E-state index contributed by atoms with van der Waals surface area (Å²) in [6.07, 6.45) is -1.39. The molecule has 9 heteroatoms. The number of aliphatic hydroxyl groups is 2. The topological polar surface area (TPSA) is 122 Å². The van der Waals surface area contributed by atoms with Crippen LogP contribution in [-0.2, 0) is 9.47 Å². The second kappa shape index (κ2) is 5.13. The Morgan fingerprint density at radius 2 is 2.32 bits per heavy atom. The van der Waals surface area contributed by atoms with E-state index in [2.05, 4.69) is 15.0 Å². The van der Waals surface area contributed by atoms with Gasteiger partial charge < -0.3 is 24.7 Å². The molecule has 0 saturated carbocycles. The SMILES string of the molecule is COC[C@H]1O[C@@H](n2cnc3c(=O)[nH]c(C)nc32)[C@](C)(O)[C@@H]1O. The van der Waals surface area contributed by atoms with E-state index in [4.69, 9.17) is 9.47 Å². The molecule has 0 aliphatic carbocycles. The molecule has 2 aromatic rings. The normalized spacial score (nSPS) is 32.0. The lowest BCUT2D eigenvalue weighted by molar-refractivity contribution is -0.0956. The van der Waals surface area contributed by atoms with Crippen LogP contribution in [0.2, 0.25) is 0 Å². The van der Waals surface area contributed by atoms with Crippen LogP contribution in [0.5, 0.6) is 0 Å². The number of ether oxygens (including phenoxy) is 2. The Morgan fingerprint density at radius 1 is 1.59 bits per heavy atom. The number of aromatic nitrogens is 4. The first-order valence-corrected chi connectivity index (χ1v) is 6.84. The molecule has 0 unspecified atom stereocenters. The van der Waals surface area contributed by atoms with Gasteiger partial charge in [-0.25, -0.2) is 9.97 Å². The Morgan fingerprint density at radius 3 is 3.00 bits per heavy atom. The summed E-state index contributed by atoms with van der Waals surface area (Å²) in [6, 6.07) is 0. The quantitative estimate of drug-likeness (QED) is 0.670. The van der Waals surface area contributed by atoms with Gasteiger partial charge in [0.25, 0.3) is 5.56 Å². The fourth-order valence-electron chi connectivity index (χ4n) is 2.75. The summed E-state index contributed by atoms with van der Waals surface area (Å²) in [5, 5.41) is 20.8. The van der Waals surface area contributed by atoms with Crippen LogP contribution in [0.3, 0.4) is 0 Å². The van der Waals surface area contributed by atoms with Crippen molar-refractivity contribution in [1.29, 1.82) is 0 Å². The largest absolute Gasteiger partial charge is 0.387 e. The third-order valence-electron chi connectivity index (χ3n) is 3.89. The highest BCUT2D eigenvalue weighted by Crippen LogP contribution is 2.39. The second-order valence-electron chi connectivity index (χ2n) is 5.63. The van der Waals surface area contributed by atoms with E-state index in [0.29, 0.717) is 5.82 Å². The van der Waals surface area contributed by atoms with Crippen molar-refractivity contribution in [3.8, 4) is 0 Å². The summed E-state index contributed by atoms with van der Waals surface area (Å²) < 4.78 is 12.2. The standard InChI is InChI=1S/C13H18N4O5/c1-6-15-10-8(11(19)16-6)14-5-17(10)12-13(2,20)9(18)7(22-12)4-21-3/h5,7,9,12,18,20H,4H2,1-3H3,(H,15,16,19)/t7-,9-,12-,13-/m1/s1. The van der Waals surface area contributed by atoms with Crippen molar-refractivity contribution in [3.05, 3.63) is 22.5 Å². The summed E-state index contributed by atoms with van der Waals surface area (Å²) in [5.74, 6) is 0.422. The highest BCUT2D eigenvalue weighted by Gasteiger charge is 2.53. The number of H-pyrrole nitrogens is 1. The van der Waals surface area contributed by atoms with Gasteiger partial charge in [-0.15, -0.1) is 0 Å². The molecule has 3 rings (SSSR count). The van der Waals surface area contributed by atoms with Gasteiger partial charge in [0, 0.05) is 7.11 Å². The van der Waals surface area contributed by atoms with Gasteiger partial charge in [-0.3, -0.25) is 9.36 Å². The number of aryl methyl sites for hydroxylation is 1. The molecule has 22 heavy (non-hydrogen) atoms. The average molecular weight is 310 g/mol. The van der Waals surface area contributed by atoms with Crippen LogP contribution in [0, 0.1) is 6.92 Å². The van der Waals surface area contributed by atoms with E-state index in [1.165, 1.54) is 24.9 Å². The molecule has 0 bridgehead atoms. The zero-order valence-electron chi connectivity index (χ0n) is 12.5. The number of aromatic amines is 1. The van der Waals surface area contributed by atoms with E-state index in [-0.39, 0.29) is 23.3 Å². The summed E-state index contributed by atoms with van der Waals surface area (Å²) >= 11 is 0. The molecule has 0 aromatic carbocycles. The Balaban J connectivity index is 2.09. The van der Waals surface area contributed by atoms with Crippen LogP contribution in [0.15, 0.2) is 11.1 Å². The molecule has 120 valence electrons. The maximum Gasteiger partial charge on any atom is 0.279 e. The van der Waals surface area contributed by atoms with Crippen LogP contribution in [0.25, 0.3) is 11.2 Å². The first kappa shape index (κ1) is 15.1. The van der Waals surface area contributed by atoms with Crippen molar-refractivity contribution in [1.82, 2.24) is 19.5 Å². The van der Waals surface area contributed by atoms with Gasteiger partial charge in [0.2, 0.25) is 0 Å². The highest BCUT2D eigenvalue weighted by molar-refractivity contribution is 5.69. The minimum absolute atomic E-state index is 0.132. The van der Waals surface area contributed by atoms with E-state index >= 15 is 0 Å². The molecule has 3 N–H and O–H groups in total. The lowest BCUT2D eigenvalue weighted by Crippen LogP contribution is -2.44. The zero-order chi connectivity index (χ0) is 16.1. The predicted octanol–water partition coefficient (Wildman–Crippen LogP) is -0.916. The third-order valence-corrected chi connectivity index (χ3v) is 3.89. The summed E-state index contributed by atoms with van der Waals surface area (Å²) in [7, 11) is 1.48. The van der Waals surface area contributed by atoms with Crippen molar-refractivity contribution >= 4 is 11.2 Å². The smallest absolute Gasteiger partial charge is 0.279 e. The van der Waals surface area contributed by atoms with Crippen LogP contribution in [-0.4, -0.2) is 61.3 Å². The molecule has 2 aromatic heterocycles. The fourth-order valence-corrected chi connectivity index (χ4v) is 2.75. The zero-order valence-corrected chi connectivity index (χ0v) is 12.5. The average Bonchev–Trinajstić information content (AvgIpc) is 2.94. The number of imidazole rings is 1. The number of fused-ring (bicyclic) bond motifs is 1. The second-order valence-corrected chi connectivity index (χ2v) is 5.63. The Hall–Kier alpha value is -1.81. The molecule has 9 nitrogen and oxygen atoms in total. The summed E-state index contributed by atoms with van der Waals surface area (Å²) in [6.45, 7) is 3.24. The number of nitrogens with one attached hydrogen (secondary N) is 1. The monoisotopic (exact) mass is 310 g/mol. The van der Waals surface area contributed by atoms with Crippen LogP contribution in [0.1, 0.15) is 19.0 Å². The van der Waals surface area contributed by atoms with Crippen LogP contribution in [0.4, 0.5) is 0 Å². The van der Waals surface area contributed by atoms with Gasteiger partial charge in [-0.2, -0.15) is 0 Å². The molecule has 0 spiro atoms. The van der Waals surface area contributed by atoms with Gasteiger partial charge in [-0.05, 0) is 13.8 Å². The number of nitrogens with zero attached hydrogens (tertiary/aromatic N) is 3. The van der Waals surface area contributed by atoms with Gasteiger partial charge >= 0.3 is 0 Å². The molecule has 1 aliphatic heterocycles. The first-order chi connectivity index (χ1) is 10.4. The van der Waals surface area contributed by atoms with Gasteiger partial charge in [0.15, 0.2) is 17.4 Å². The molecular formula is C13H18N4O5. The molecule has 1 aliphatic rings.